The lowest BCUT2D eigenvalue weighted by molar-refractivity contribution is -0.123. The minimum Gasteiger partial charge on any atom is -0.370 e. The summed E-state index contributed by atoms with van der Waals surface area (Å²) in [6.07, 6.45) is 20.0. The summed E-state index contributed by atoms with van der Waals surface area (Å²) in [5.74, 6) is 1.84. The number of hydrogen-bond donors (Lipinski definition) is 5. The van der Waals surface area contributed by atoms with Crippen molar-refractivity contribution < 1.29 is 4.79 Å². The fourth-order valence-electron chi connectivity index (χ4n) is 5.17. The van der Waals surface area contributed by atoms with Crippen LogP contribution in [-0.2, 0) is 24.3 Å². The summed E-state index contributed by atoms with van der Waals surface area (Å²) >= 11 is 0. The third-order valence-corrected chi connectivity index (χ3v) is 7.37. The van der Waals surface area contributed by atoms with E-state index in [0.717, 1.165) is 23.7 Å². The zero-order valence-corrected chi connectivity index (χ0v) is 22.4. The Labute approximate surface area is 222 Å². The van der Waals surface area contributed by atoms with Gasteiger partial charge in [-0.25, -0.2) is 4.98 Å². The first-order chi connectivity index (χ1) is 18.1. The third-order valence-electron chi connectivity index (χ3n) is 7.37. The molecule has 1 fully saturated rings. The van der Waals surface area contributed by atoms with E-state index in [2.05, 4.69) is 49.9 Å². The van der Waals surface area contributed by atoms with Gasteiger partial charge in [-0.1, -0.05) is 82.1 Å². The van der Waals surface area contributed by atoms with Gasteiger partial charge in [-0.2, -0.15) is 0 Å². The van der Waals surface area contributed by atoms with Crippen LogP contribution >= 0.6 is 0 Å². The number of aryl methyl sites for hydroxylation is 1. The van der Waals surface area contributed by atoms with Crippen LogP contribution in [0.1, 0.15) is 94.0 Å². The SMILES string of the molecule is NC(N)=NCCC[C@H](NCc1ncc[nH]1)C(=O)NCc1ccc(CCCCCCC2CCCCC2)cc1. The lowest BCUT2D eigenvalue weighted by Crippen LogP contribution is -2.44. The Morgan fingerprint density at radius 1 is 1.00 bits per heavy atom. The van der Waals surface area contributed by atoms with E-state index in [9.17, 15) is 4.79 Å². The van der Waals surface area contributed by atoms with Gasteiger partial charge < -0.3 is 21.8 Å². The van der Waals surface area contributed by atoms with Crippen molar-refractivity contribution in [1.29, 1.82) is 0 Å². The highest BCUT2D eigenvalue weighted by Crippen LogP contribution is 2.28. The zero-order chi connectivity index (χ0) is 26.1. The molecule has 0 bridgehead atoms. The molecule has 0 aliphatic heterocycles. The van der Waals surface area contributed by atoms with Gasteiger partial charge in [0, 0.05) is 25.5 Å². The monoisotopic (exact) mass is 509 g/mol. The summed E-state index contributed by atoms with van der Waals surface area (Å²) in [4.78, 5) is 24.2. The van der Waals surface area contributed by atoms with Gasteiger partial charge in [-0.3, -0.25) is 15.1 Å². The van der Waals surface area contributed by atoms with Crippen LogP contribution in [0.15, 0.2) is 41.7 Å². The van der Waals surface area contributed by atoms with Gasteiger partial charge in [0.1, 0.15) is 5.82 Å². The second-order valence-corrected chi connectivity index (χ2v) is 10.4. The van der Waals surface area contributed by atoms with E-state index in [0.29, 0.717) is 32.5 Å². The number of H-pyrrole nitrogens is 1. The van der Waals surface area contributed by atoms with Crippen molar-refractivity contribution in [2.75, 3.05) is 6.54 Å². The molecule has 2 aromatic rings. The van der Waals surface area contributed by atoms with Gasteiger partial charge in [-0.05, 0) is 42.7 Å². The molecule has 1 aromatic carbocycles. The van der Waals surface area contributed by atoms with Crippen molar-refractivity contribution in [3.63, 3.8) is 0 Å². The molecule has 1 atom stereocenters. The largest absolute Gasteiger partial charge is 0.370 e. The predicted molar refractivity (Wildman–Crippen MR) is 151 cm³/mol. The van der Waals surface area contributed by atoms with E-state index in [1.54, 1.807) is 12.4 Å². The standard InChI is InChI=1S/C29H47N7O/c30-29(31)34-18-8-13-26(35-22-27-32-19-20-33-27)28(37)36-21-25-16-14-24(15-17-25)12-5-2-1-4-9-23-10-6-3-7-11-23/h14-17,19-20,23,26,35H,1-13,18,21-22H2,(H,32,33)(H,36,37)(H4,30,31,34)/t26-/m0/s1. The maximum atomic E-state index is 12.9. The number of nitrogens with zero attached hydrogens (tertiary/aromatic N) is 2. The molecule has 8 heteroatoms. The minimum atomic E-state index is -0.350. The third kappa shape index (κ3) is 11.8. The molecule has 1 heterocycles. The number of hydrogen-bond acceptors (Lipinski definition) is 4. The van der Waals surface area contributed by atoms with Gasteiger partial charge >= 0.3 is 0 Å². The second kappa shape index (κ2) is 16.8. The van der Waals surface area contributed by atoms with Crippen molar-refractivity contribution in [3.05, 3.63) is 53.6 Å². The summed E-state index contributed by atoms with van der Waals surface area (Å²) in [6, 6.07) is 8.30. The number of aliphatic imine (C=N–C) groups is 1. The number of carbonyl (C=O) groups excluding carboxylic acids is 1. The first kappa shape index (κ1) is 28.7. The number of unbranched alkanes of at least 4 members (excludes halogenated alkanes) is 3. The molecule has 1 aliphatic carbocycles. The lowest BCUT2D eigenvalue weighted by Gasteiger charge is -2.21. The molecule has 0 saturated heterocycles. The average Bonchev–Trinajstić information content (AvgIpc) is 3.44. The van der Waals surface area contributed by atoms with Crippen molar-refractivity contribution in [2.45, 2.75) is 103 Å². The van der Waals surface area contributed by atoms with Gasteiger partial charge in [0.25, 0.3) is 0 Å². The van der Waals surface area contributed by atoms with Crippen molar-refractivity contribution in [2.24, 2.45) is 22.4 Å². The molecule has 37 heavy (non-hydrogen) atoms. The highest BCUT2D eigenvalue weighted by atomic mass is 16.2. The first-order valence-electron chi connectivity index (χ1n) is 14.2. The predicted octanol–water partition coefficient (Wildman–Crippen LogP) is 4.31. The summed E-state index contributed by atoms with van der Waals surface area (Å²) in [5, 5.41) is 6.37. The van der Waals surface area contributed by atoms with Gasteiger partial charge in [-0.15, -0.1) is 0 Å². The van der Waals surface area contributed by atoms with Crippen LogP contribution < -0.4 is 22.1 Å². The number of carbonyl (C=O) groups is 1. The fraction of sp³-hybridized carbons (Fsp3) is 0.621. The molecule has 204 valence electrons. The molecule has 1 aliphatic rings. The van der Waals surface area contributed by atoms with E-state index in [-0.39, 0.29) is 17.9 Å². The van der Waals surface area contributed by atoms with E-state index in [4.69, 9.17) is 11.5 Å². The number of amides is 1. The van der Waals surface area contributed by atoms with Crippen LogP contribution in [-0.4, -0.2) is 34.4 Å². The summed E-state index contributed by atoms with van der Waals surface area (Å²) in [7, 11) is 0. The van der Waals surface area contributed by atoms with Crippen molar-refractivity contribution in [1.82, 2.24) is 20.6 Å². The van der Waals surface area contributed by atoms with E-state index in [1.807, 2.05) is 0 Å². The Morgan fingerprint density at radius 2 is 1.76 bits per heavy atom. The normalized spacial score (nSPS) is 14.8. The number of benzene rings is 1. The number of aromatic amines is 1. The van der Waals surface area contributed by atoms with Crippen LogP contribution in [0.2, 0.25) is 0 Å². The minimum absolute atomic E-state index is 0.0337. The van der Waals surface area contributed by atoms with Crippen molar-refractivity contribution >= 4 is 11.9 Å². The molecular weight excluding hydrogens is 462 g/mol. The molecule has 1 saturated carbocycles. The van der Waals surface area contributed by atoms with E-state index < -0.39 is 0 Å². The highest BCUT2D eigenvalue weighted by molar-refractivity contribution is 5.81. The molecule has 7 N–H and O–H groups in total. The zero-order valence-electron chi connectivity index (χ0n) is 22.4. The average molecular weight is 510 g/mol. The Morgan fingerprint density at radius 3 is 2.49 bits per heavy atom. The van der Waals surface area contributed by atoms with E-state index in [1.165, 1.54) is 69.8 Å². The van der Waals surface area contributed by atoms with Crippen LogP contribution in [0.4, 0.5) is 0 Å². The number of rotatable bonds is 17. The highest BCUT2D eigenvalue weighted by Gasteiger charge is 2.18. The Hall–Kier alpha value is -2.87. The van der Waals surface area contributed by atoms with Crippen LogP contribution in [0, 0.1) is 5.92 Å². The molecule has 0 unspecified atom stereocenters. The Kier molecular flexibility index (Phi) is 13.0. The number of guanidine groups is 1. The smallest absolute Gasteiger partial charge is 0.237 e. The molecule has 1 aromatic heterocycles. The van der Waals surface area contributed by atoms with E-state index >= 15 is 0 Å². The van der Waals surface area contributed by atoms with Gasteiger partial charge in [0.15, 0.2) is 5.96 Å². The molecular formula is C29H47N7O. The molecule has 0 spiro atoms. The van der Waals surface area contributed by atoms with Crippen LogP contribution in [0.3, 0.4) is 0 Å². The number of aromatic nitrogens is 2. The topological polar surface area (TPSA) is 134 Å². The maximum Gasteiger partial charge on any atom is 0.237 e. The number of nitrogens with two attached hydrogens (primary N) is 2. The van der Waals surface area contributed by atoms with Crippen LogP contribution in [0.5, 0.6) is 0 Å². The number of nitrogens with one attached hydrogen (secondary N) is 3. The maximum absolute atomic E-state index is 12.9. The molecule has 0 radical (unpaired) electrons. The fourth-order valence-corrected chi connectivity index (χ4v) is 5.17. The quantitative estimate of drug-likeness (QED) is 0.123. The second-order valence-electron chi connectivity index (χ2n) is 10.4. The summed E-state index contributed by atoms with van der Waals surface area (Å²) in [5.41, 5.74) is 13.3. The lowest BCUT2D eigenvalue weighted by atomic mass is 9.85. The van der Waals surface area contributed by atoms with Gasteiger partial charge in [0.05, 0.1) is 12.6 Å². The molecule has 3 rings (SSSR count). The summed E-state index contributed by atoms with van der Waals surface area (Å²) in [6.45, 7) is 1.49. The van der Waals surface area contributed by atoms with Gasteiger partial charge in [0.2, 0.25) is 5.91 Å². The van der Waals surface area contributed by atoms with Crippen LogP contribution in [0.25, 0.3) is 0 Å². The molecule has 8 nitrogen and oxygen atoms in total. The Balaban J connectivity index is 1.34. The first-order valence-corrected chi connectivity index (χ1v) is 14.2. The van der Waals surface area contributed by atoms with Crippen molar-refractivity contribution in [3.8, 4) is 0 Å². The Bertz CT molecular complexity index is 901. The summed E-state index contributed by atoms with van der Waals surface area (Å²) < 4.78 is 0. The number of imidazole rings is 1. The molecule has 1 amide bonds.